The molecule has 11 heteroatoms. The normalized spacial score (nSPS) is 11.5. The Morgan fingerprint density at radius 3 is 2.59 bits per heavy atom. The lowest BCUT2D eigenvalue weighted by Crippen LogP contribution is -2.11. The van der Waals surface area contributed by atoms with Crippen molar-refractivity contribution in [1.82, 2.24) is 14.8 Å². The minimum Gasteiger partial charge on any atom is -0.497 e. The van der Waals surface area contributed by atoms with Gasteiger partial charge in [-0.2, -0.15) is 5.26 Å². The highest BCUT2D eigenvalue weighted by Gasteiger charge is 2.24. The first-order valence-electron chi connectivity index (χ1n) is 11.1. The topological polar surface area (TPSA) is 116 Å². The third-order valence-electron chi connectivity index (χ3n) is 5.54. The Morgan fingerprint density at radius 2 is 1.92 bits per heavy atom. The average Bonchev–Trinajstić information content (AvgIpc) is 3.27. The van der Waals surface area contributed by atoms with Crippen molar-refractivity contribution in [3.63, 3.8) is 0 Å². The van der Waals surface area contributed by atoms with Crippen LogP contribution in [0.4, 0.5) is 0 Å². The second-order valence-corrected chi connectivity index (χ2v) is 9.51. The third kappa shape index (κ3) is 6.20. The summed E-state index contributed by atoms with van der Waals surface area (Å²) in [6.45, 7) is 1.64. The fourth-order valence-corrected chi connectivity index (χ4v) is 5.07. The van der Waals surface area contributed by atoms with Crippen molar-refractivity contribution < 1.29 is 14.4 Å². The Balaban J connectivity index is 1.57. The van der Waals surface area contributed by atoms with E-state index < -0.39 is 5.25 Å². The Bertz CT molecular complexity index is 1450. The number of hydrogen-bond acceptors (Lipinski definition) is 8. The van der Waals surface area contributed by atoms with Crippen molar-refractivity contribution in [1.29, 1.82) is 5.26 Å². The van der Waals surface area contributed by atoms with Crippen LogP contribution in [0.1, 0.15) is 27.8 Å². The summed E-state index contributed by atoms with van der Waals surface area (Å²) >= 11 is 7.73. The summed E-state index contributed by atoms with van der Waals surface area (Å²) in [7, 11) is 1.59. The van der Waals surface area contributed by atoms with Crippen LogP contribution in [0, 0.1) is 28.4 Å². The lowest BCUT2D eigenvalue weighted by Gasteiger charge is -2.16. The number of nitro groups is 1. The molecule has 0 saturated heterocycles. The van der Waals surface area contributed by atoms with Gasteiger partial charge in [0.25, 0.3) is 0 Å². The fraction of sp³-hybridized carbons (Fsp3) is 0.192. The van der Waals surface area contributed by atoms with Crippen LogP contribution < -0.4 is 9.47 Å². The van der Waals surface area contributed by atoms with Gasteiger partial charge in [0, 0.05) is 16.2 Å². The largest absolute Gasteiger partial charge is 0.497 e. The van der Waals surface area contributed by atoms with Crippen LogP contribution in [0.2, 0.25) is 5.02 Å². The van der Waals surface area contributed by atoms with Gasteiger partial charge in [-0.3, -0.25) is 14.7 Å². The lowest BCUT2D eigenvalue weighted by molar-refractivity contribution is -0.479. The smallest absolute Gasteiger partial charge is 0.220 e. The summed E-state index contributed by atoms with van der Waals surface area (Å²) in [5.41, 5.74) is 2.72. The number of methoxy groups -OCH3 is 1. The van der Waals surface area contributed by atoms with Gasteiger partial charge in [0.15, 0.2) is 5.16 Å². The number of thioether (sulfide) groups is 1. The van der Waals surface area contributed by atoms with Crippen molar-refractivity contribution in [2.24, 2.45) is 0 Å². The van der Waals surface area contributed by atoms with Crippen molar-refractivity contribution in [2.75, 3.05) is 13.7 Å². The number of benzene rings is 3. The van der Waals surface area contributed by atoms with Gasteiger partial charge in [-0.1, -0.05) is 47.6 Å². The summed E-state index contributed by atoms with van der Waals surface area (Å²) in [6.07, 6.45) is 0. The van der Waals surface area contributed by atoms with E-state index in [1.165, 1.54) is 11.8 Å². The number of nitrogens with zero attached hydrogens (tertiary/aromatic N) is 5. The molecule has 4 aromatic rings. The van der Waals surface area contributed by atoms with Crippen molar-refractivity contribution in [3.8, 4) is 23.3 Å². The van der Waals surface area contributed by atoms with Crippen LogP contribution in [0.5, 0.6) is 11.5 Å². The highest BCUT2D eigenvalue weighted by molar-refractivity contribution is 7.99. The summed E-state index contributed by atoms with van der Waals surface area (Å²) in [5.74, 6) is 1.77. The second kappa shape index (κ2) is 11.8. The van der Waals surface area contributed by atoms with Gasteiger partial charge in [-0.15, -0.1) is 10.2 Å². The minimum absolute atomic E-state index is 0.167. The molecule has 0 aliphatic heterocycles. The molecule has 3 aromatic carbocycles. The molecule has 37 heavy (non-hydrogen) atoms. The molecule has 0 unspecified atom stereocenters. The Morgan fingerprint density at radius 1 is 1.16 bits per heavy atom. The lowest BCUT2D eigenvalue weighted by atomic mass is 10.1. The molecule has 188 valence electrons. The molecule has 4 rings (SSSR count). The van der Waals surface area contributed by atoms with Crippen LogP contribution >= 0.6 is 23.4 Å². The average molecular weight is 536 g/mol. The molecule has 0 saturated carbocycles. The first kappa shape index (κ1) is 26.0. The zero-order chi connectivity index (χ0) is 26.4. The number of nitriles is 1. The van der Waals surface area contributed by atoms with Gasteiger partial charge >= 0.3 is 0 Å². The SMILES string of the molecule is COc1ccc(-n2c(C)nnc2S[C@H](C[N+](=O)[O-])c2ccc(OCc3ccccc3C#N)c(Cl)c2)cc1. The molecular weight excluding hydrogens is 514 g/mol. The monoisotopic (exact) mass is 535 g/mol. The molecule has 1 heterocycles. The number of aromatic nitrogens is 3. The highest BCUT2D eigenvalue weighted by atomic mass is 35.5. The molecule has 0 spiro atoms. The molecule has 1 aromatic heterocycles. The Labute approximate surface area is 222 Å². The number of aryl methyl sites for hydroxylation is 1. The zero-order valence-electron chi connectivity index (χ0n) is 20.0. The quantitative estimate of drug-likeness (QED) is 0.142. The summed E-state index contributed by atoms with van der Waals surface area (Å²) in [4.78, 5) is 11.2. The molecule has 1 atom stereocenters. The number of ether oxygens (including phenoxy) is 2. The molecule has 9 nitrogen and oxygen atoms in total. The molecule has 0 aliphatic carbocycles. The molecular formula is C26H22ClN5O4S. The summed E-state index contributed by atoms with van der Waals surface area (Å²) < 4.78 is 12.9. The van der Waals surface area contributed by atoms with Gasteiger partial charge < -0.3 is 9.47 Å². The summed E-state index contributed by atoms with van der Waals surface area (Å²) in [5, 5.41) is 29.5. The fourth-order valence-electron chi connectivity index (χ4n) is 3.67. The molecule has 0 N–H and O–H groups in total. The van der Waals surface area contributed by atoms with E-state index in [0.29, 0.717) is 38.6 Å². The zero-order valence-corrected chi connectivity index (χ0v) is 21.6. The predicted molar refractivity (Wildman–Crippen MR) is 140 cm³/mol. The summed E-state index contributed by atoms with van der Waals surface area (Å²) in [6, 6.07) is 21.8. The van der Waals surface area contributed by atoms with E-state index in [1.807, 2.05) is 47.9 Å². The number of hydrogen-bond donors (Lipinski definition) is 0. The van der Waals surface area contributed by atoms with E-state index in [-0.39, 0.29) is 18.1 Å². The molecule has 0 amide bonds. The Hall–Kier alpha value is -4.07. The van der Waals surface area contributed by atoms with E-state index >= 15 is 0 Å². The van der Waals surface area contributed by atoms with E-state index in [9.17, 15) is 15.4 Å². The van der Waals surface area contributed by atoms with E-state index in [4.69, 9.17) is 21.1 Å². The maximum atomic E-state index is 11.5. The van der Waals surface area contributed by atoms with Gasteiger partial charge in [0.05, 0.1) is 23.8 Å². The van der Waals surface area contributed by atoms with Crippen LogP contribution in [0.3, 0.4) is 0 Å². The number of rotatable bonds is 10. The van der Waals surface area contributed by atoms with Crippen molar-refractivity contribution in [3.05, 3.63) is 104 Å². The first-order chi connectivity index (χ1) is 17.9. The van der Waals surface area contributed by atoms with Crippen LogP contribution in [-0.2, 0) is 6.61 Å². The molecule has 0 radical (unpaired) electrons. The van der Waals surface area contributed by atoms with Crippen LogP contribution in [0.25, 0.3) is 5.69 Å². The van der Waals surface area contributed by atoms with Crippen LogP contribution in [0.15, 0.2) is 71.9 Å². The third-order valence-corrected chi connectivity index (χ3v) is 7.01. The minimum atomic E-state index is -0.582. The Kier molecular flexibility index (Phi) is 8.28. The van der Waals surface area contributed by atoms with Crippen molar-refractivity contribution >= 4 is 23.4 Å². The molecule has 0 fully saturated rings. The predicted octanol–water partition coefficient (Wildman–Crippen LogP) is 5.80. The second-order valence-electron chi connectivity index (χ2n) is 7.93. The molecule has 0 bridgehead atoms. The van der Waals surface area contributed by atoms with Crippen LogP contribution in [-0.4, -0.2) is 33.3 Å². The van der Waals surface area contributed by atoms with E-state index in [2.05, 4.69) is 16.3 Å². The van der Waals surface area contributed by atoms with E-state index in [1.54, 1.807) is 37.4 Å². The maximum absolute atomic E-state index is 11.5. The van der Waals surface area contributed by atoms with Gasteiger partial charge in [-0.05, 0) is 55.0 Å². The van der Waals surface area contributed by atoms with Gasteiger partial charge in [0.1, 0.15) is 29.2 Å². The molecule has 0 aliphatic rings. The van der Waals surface area contributed by atoms with Crippen molar-refractivity contribution in [2.45, 2.75) is 23.9 Å². The number of halogens is 1. The highest BCUT2D eigenvalue weighted by Crippen LogP contribution is 2.39. The first-order valence-corrected chi connectivity index (χ1v) is 12.4. The van der Waals surface area contributed by atoms with E-state index in [0.717, 1.165) is 11.3 Å². The maximum Gasteiger partial charge on any atom is 0.220 e. The van der Waals surface area contributed by atoms with Gasteiger partial charge in [-0.25, -0.2) is 0 Å². The van der Waals surface area contributed by atoms with Gasteiger partial charge in [0.2, 0.25) is 6.54 Å². The standard InChI is InChI=1S/C26H22ClN5O4S/c1-17-29-30-26(32(17)21-8-10-22(35-2)11-9-21)37-25(15-31(33)34)18-7-12-24(23(27)13-18)36-16-20-6-4-3-5-19(20)14-28/h3-13,25H,15-16H2,1-2H3/t25-/m1/s1.